The maximum Gasteiger partial charge on any atom is 0.494 e. The van der Waals surface area contributed by atoms with Gasteiger partial charge in [-0.2, -0.15) is 5.26 Å². The van der Waals surface area contributed by atoms with E-state index in [1.165, 1.54) is 6.07 Å². The highest BCUT2D eigenvalue weighted by Gasteiger charge is 2.40. The van der Waals surface area contributed by atoms with E-state index in [1.54, 1.807) is 34.6 Å². The Morgan fingerprint density at radius 2 is 1.85 bits per heavy atom. The first-order chi connectivity index (χ1) is 8.99. The van der Waals surface area contributed by atoms with Gasteiger partial charge in [-0.15, -0.1) is 0 Å². The third-order valence-corrected chi connectivity index (χ3v) is 3.61. The number of aliphatic hydroxyl groups is 1. The number of halogens is 1. The lowest BCUT2D eigenvalue weighted by Crippen LogP contribution is -2.53. The summed E-state index contributed by atoms with van der Waals surface area (Å²) >= 11 is 0. The normalized spacial score (nSPS) is 12.2. The molecule has 2 N–H and O–H groups in total. The Balaban J connectivity index is 3.09. The first-order valence-electron chi connectivity index (χ1n) is 6.28. The van der Waals surface area contributed by atoms with E-state index in [-0.39, 0.29) is 11.0 Å². The van der Waals surface area contributed by atoms with Gasteiger partial charge in [0.1, 0.15) is 5.82 Å². The summed E-state index contributed by atoms with van der Waals surface area (Å²) in [7, 11) is -1.53. The molecule has 0 fully saturated rings. The molecule has 0 saturated heterocycles. The van der Waals surface area contributed by atoms with Crippen molar-refractivity contribution in [3.63, 3.8) is 0 Å². The smallest absolute Gasteiger partial charge is 0.423 e. The molecule has 20 heavy (non-hydrogen) atoms. The Morgan fingerprint density at radius 1 is 1.30 bits per heavy atom. The zero-order chi connectivity index (χ0) is 15.7. The number of hydrogen-bond donors (Lipinski definition) is 2. The summed E-state index contributed by atoms with van der Waals surface area (Å²) in [6.07, 6.45) is 0. The average Bonchev–Trinajstić information content (AvgIpc) is 2.29. The van der Waals surface area contributed by atoms with Gasteiger partial charge in [0, 0.05) is 5.46 Å². The number of nitriles is 1. The molecule has 0 spiro atoms. The second kappa shape index (κ2) is 5.53. The predicted molar refractivity (Wildman–Crippen MR) is 74.9 cm³/mol. The van der Waals surface area contributed by atoms with Gasteiger partial charge in [0.2, 0.25) is 0 Å². The van der Waals surface area contributed by atoms with Crippen LogP contribution in [0, 0.1) is 24.1 Å². The van der Waals surface area contributed by atoms with Crippen molar-refractivity contribution in [2.45, 2.75) is 45.8 Å². The van der Waals surface area contributed by atoms with Gasteiger partial charge in [0.25, 0.3) is 0 Å². The van der Waals surface area contributed by atoms with E-state index in [0.717, 1.165) is 6.07 Å². The molecule has 0 unspecified atom stereocenters. The Bertz CT molecular complexity index is 547. The molecule has 0 saturated carbocycles. The number of aryl methyl sites for hydroxylation is 1. The van der Waals surface area contributed by atoms with Crippen molar-refractivity contribution in [2.75, 3.05) is 0 Å². The highest BCUT2D eigenvalue weighted by molar-refractivity contribution is 6.60. The van der Waals surface area contributed by atoms with E-state index in [0.29, 0.717) is 5.56 Å². The minimum atomic E-state index is -1.53. The third-order valence-electron chi connectivity index (χ3n) is 3.61. The Kier molecular flexibility index (Phi) is 4.60. The fourth-order valence-corrected chi connectivity index (χ4v) is 1.50. The third kappa shape index (κ3) is 3.37. The molecule has 0 aliphatic rings. The highest BCUT2D eigenvalue weighted by Crippen LogP contribution is 2.25. The van der Waals surface area contributed by atoms with Gasteiger partial charge >= 0.3 is 7.12 Å². The van der Waals surface area contributed by atoms with Crippen LogP contribution in [0.25, 0.3) is 0 Å². The van der Waals surface area contributed by atoms with E-state index in [4.69, 9.17) is 9.92 Å². The fourth-order valence-electron chi connectivity index (χ4n) is 1.50. The van der Waals surface area contributed by atoms with Crippen molar-refractivity contribution in [1.29, 1.82) is 5.26 Å². The topological polar surface area (TPSA) is 73.5 Å². The van der Waals surface area contributed by atoms with Crippen molar-refractivity contribution in [3.8, 4) is 6.07 Å². The number of benzene rings is 1. The van der Waals surface area contributed by atoms with Gasteiger partial charge in [-0.05, 0) is 46.2 Å². The Morgan fingerprint density at radius 3 is 2.30 bits per heavy atom. The van der Waals surface area contributed by atoms with Crippen LogP contribution in [0.4, 0.5) is 4.39 Å². The zero-order valence-corrected chi connectivity index (χ0v) is 12.4. The van der Waals surface area contributed by atoms with Crippen LogP contribution in [0.5, 0.6) is 0 Å². The SMILES string of the molecule is Cc1cc(B(O)OC(C)(C)C(C)(C)O)c(F)cc1C#N. The molecule has 4 nitrogen and oxygen atoms in total. The van der Waals surface area contributed by atoms with Gasteiger partial charge in [0.05, 0.1) is 22.8 Å². The monoisotopic (exact) mass is 279 g/mol. The molecule has 0 aromatic heterocycles. The fraction of sp³-hybridized carbons (Fsp3) is 0.500. The van der Waals surface area contributed by atoms with Crippen LogP contribution in [0.2, 0.25) is 0 Å². The highest BCUT2D eigenvalue weighted by atomic mass is 19.1. The summed E-state index contributed by atoms with van der Waals surface area (Å²) in [6, 6.07) is 4.31. The van der Waals surface area contributed by atoms with Crippen molar-refractivity contribution in [3.05, 3.63) is 29.1 Å². The minimum Gasteiger partial charge on any atom is -0.423 e. The van der Waals surface area contributed by atoms with Crippen LogP contribution in [0.15, 0.2) is 12.1 Å². The first kappa shape index (κ1) is 16.6. The molecule has 0 aliphatic heterocycles. The summed E-state index contributed by atoms with van der Waals surface area (Å²) in [4.78, 5) is 0. The molecule has 1 rings (SSSR count). The molecule has 0 radical (unpaired) electrons. The molecule has 0 atom stereocenters. The largest absolute Gasteiger partial charge is 0.494 e. The molecule has 6 heteroatoms. The zero-order valence-electron chi connectivity index (χ0n) is 12.4. The van der Waals surface area contributed by atoms with Crippen LogP contribution in [0.1, 0.15) is 38.8 Å². The summed E-state index contributed by atoms with van der Waals surface area (Å²) < 4.78 is 19.3. The number of hydrogen-bond acceptors (Lipinski definition) is 4. The van der Waals surface area contributed by atoms with E-state index >= 15 is 0 Å². The molecule has 0 amide bonds. The lowest BCUT2D eigenvalue weighted by Gasteiger charge is -2.38. The number of rotatable bonds is 4. The molecule has 0 heterocycles. The summed E-state index contributed by atoms with van der Waals surface area (Å²) in [6.45, 7) is 7.94. The van der Waals surface area contributed by atoms with E-state index < -0.39 is 24.1 Å². The molecule has 0 aliphatic carbocycles. The molecule has 0 bridgehead atoms. The summed E-state index contributed by atoms with van der Waals surface area (Å²) in [5.41, 5.74) is -1.60. The van der Waals surface area contributed by atoms with E-state index in [1.807, 2.05) is 6.07 Å². The first-order valence-corrected chi connectivity index (χ1v) is 6.28. The Labute approximate surface area is 119 Å². The second-order valence-electron chi connectivity index (χ2n) is 5.84. The van der Waals surface area contributed by atoms with Crippen LogP contribution in [-0.2, 0) is 4.65 Å². The predicted octanol–water partition coefficient (Wildman–Crippen LogP) is 1.26. The molecule has 1 aromatic carbocycles. The van der Waals surface area contributed by atoms with Gasteiger partial charge < -0.3 is 14.8 Å². The molecular weight excluding hydrogens is 260 g/mol. The van der Waals surface area contributed by atoms with Gasteiger partial charge in [0.15, 0.2) is 0 Å². The second-order valence-corrected chi connectivity index (χ2v) is 5.84. The van der Waals surface area contributed by atoms with Gasteiger partial charge in [-0.25, -0.2) is 4.39 Å². The van der Waals surface area contributed by atoms with Crippen LogP contribution in [-0.4, -0.2) is 28.5 Å². The number of nitrogens with zero attached hydrogens (tertiary/aromatic N) is 1. The van der Waals surface area contributed by atoms with Crippen molar-refractivity contribution < 1.29 is 19.2 Å². The Hall–Kier alpha value is -1.42. The summed E-state index contributed by atoms with van der Waals surface area (Å²) in [5, 5.41) is 28.8. The van der Waals surface area contributed by atoms with E-state index in [2.05, 4.69) is 0 Å². The van der Waals surface area contributed by atoms with Crippen LogP contribution in [0.3, 0.4) is 0 Å². The maximum absolute atomic E-state index is 13.9. The average molecular weight is 279 g/mol. The van der Waals surface area contributed by atoms with Crippen LogP contribution >= 0.6 is 0 Å². The van der Waals surface area contributed by atoms with Gasteiger partial charge in [-0.3, -0.25) is 0 Å². The molecular formula is C14H19BFNO3. The minimum absolute atomic E-state index is 0.0566. The van der Waals surface area contributed by atoms with E-state index in [9.17, 15) is 14.5 Å². The standard InChI is InChI=1S/C14H19BFNO3/c1-9-6-11(12(16)7-10(9)8-17)15(19)20-14(4,5)13(2,3)18/h6-7,18-19H,1-5H3. The van der Waals surface area contributed by atoms with Crippen molar-refractivity contribution in [2.24, 2.45) is 0 Å². The van der Waals surface area contributed by atoms with Crippen LogP contribution < -0.4 is 5.46 Å². The quantitative estimate of drug-likeness (QED) is 0.814. The van der Waals surface area contributed by atoms with Gasteiger partial charge in [-0.1, -0.05) is 6.07 Å². The van der Waals surface area contributed by atoms with Crippen molar-refractivity contribution >= 4 is 12.6 Å². The lowest BCUT2D eigenvalue weighted by atomic mass is 9.75. The lowest BCUT2D eigenvalue weighted by molar-refractivity contribution is -0.0983. The molecule has 1 aromatic rings. The molecule has 108 valence electrons. The summed E-state index contributed by atoms with van der Waals surface area (Å²) in [5.74, 6) is -0.716. The maximum atomic E-state index is 13.9. The van der Waals surface area contributed by atoms with Crippen molar-refractivity contribution in [1.82, 2.24) is 0 Å².